The van der Waals surface area contributed by atoms with Gasteiger partial charge in [0.25, 0.3) is 0 Å². The van der Waals surface area contributed by atoms with Crippen LogP contribution in [0.3, 0.4) is 0 Å². The predicted molar refractivity (Wildman–Crippen MR) is 65.5 cm³/mol. The van der Waals surface area contributed by atoms with Crippen molar-refractivity contribution in [3.63, 3.8) is 0 Å². The van der Waals surface area contributed by atoms with Gasteiger partial charge in [-0.2, -0.15) is 5.10 Å². The van der Waals surface area contributed by atoms with Gasteiger partial charge in [-0.05, 0) is 45.0 Å². The van der Waals surface area contributed by atoms with E-state index in [-0.39, 0.29) is 5.91 Å². The first-order valence-corrected chi connectivity index (χ1v) is 6.16. The maximum Gasteiger partial charge on any atom is 0.241 e. The molecule has 1 fully saturated rings. The van der Waals surface area contributed by atoms with Gasteiger partial charge in [0.2, 0.25) is 5.91 Å². The zero-order valence-corrected chi connectivity index (χ0v) is 10.3. The van der Waals surface area contributed by atoms with Crippen molar-refractivity contribution in [3.8, 4) is 0 Å². The maximum atomic E-state index is 11.6. The summed E-state index contributed by atoms with van der Waals surface area (Å²) in [4.78, 5) is 14.0. The maximum absolute atomic E-state index is 11.6. The van der Waals surface area contributed by atoms with Gasteiger partial charge in [0.15, 0.2) is 0 Å². The monoisotopic (exact) mass is 236 g/mol. The van der Waals surface area contributed by atoms with E-state index in [2.05, 4.69) is 22.4 Å². The molecule has 1 N–H and O–H groups in total. The number of carbonyl (C=O) groups is 1. The molecule has 1 aromatic heterocycles. The lowest BCUT2D eigenvalue weighted by Crippen LogP contribution is -2.37. The van der Waals surface area contributed by atoms with Gasteiger partial charge >= 0.3 is 0 Å². The summed E-state index contributed by atoms with van der Waals surface area (Å²) in [5, 5.41) is 7.00. The van der Waals surface area contributed by atoms with Gasteiger partial charge in [0, 0.05) is 18.9 Å². The lowest BCUT2D eigenvalue weighted by molar-refractivity contribution is -0.122. The lowest BCUT2D eigenvalue weighted by Gasteiger charge is -2.28. The van der Waals surface area contributed by atoms with E-state index in [0.717, 1.165) is 19.6 Å². The van der Waals surface area contributed by atoms with Crippen LogP contribution >= 0.6 is 0 Å². The van der Waals surface area contributed by atoms with Crippen LogP contribution in [0.1, 0.15) is 12.8 Å². The first kappa shape index (κ1) is 12.1. The van der Waals surface area contributed by atoms with Crippen molar-refractivity contribution >= 4 is 5.91 Å². The number of nitrogens with one attached hydrogen (secondary N) is 1. The van der Waals surface area contributed by atoms with Gasteiger partial charge in [-0.3, -0.25) is 9.48 Å². The summed E-state index contributed by atoms with van der Waals surface area (Å²) in [6.07, 6.45) is 5.84. The molecule has 0 aliphatic carbocycles. The van der Waals surface area contributed by atoms with Crippen LogP contribution in [0.4, 0.5) is 0 Å². The van der Waals surface area contributed by atoms with Crippen molar-refractivity contribution in [2.45, 2.75) is 19.4 Å². The van der Waals surface area contributed by atoms with E-state index in [1.807, 2.05) is 6.07 Å². The molecule has 5 nitrogen and oxygen atoms in total. The Morgan fingerprint density at radius 2 is 2.24 bits per heavy atom. The zero-order chi connectivity index (χ0) is 12.1. The van der Waals surface area contributed by atoms with Gasteiger partial charge in [-0.25, -0.2) is 0 Å². The van der Waals surface area contributed by atoms with E-state index in [1.165, 1.54) is 12.8 Å². The van der Waals surface area contributed by atoms with Crippen LogP contribution in [0.5, 0.6) is 0 Å². The van der Waals surface area contributed by atoms with Gasteiger partial charge in [0.05, 0.1) is 0 Å². The third-order valence-corrected chi connectivity index (χ3v) is 3.29. The van der Waals surface area contributed by atoms with Crippen molar-refractivity contribution in [2.75, 3.05) is 26.7 Å². The first-order chi connectivity index (χ1) is 8.24. The third kappa shape index (κ3) is 3.85. The minimum absolute atomic E-state index is 0.0487. The van der Waals surface area contributed by atoms with Gasteiger partial charge < -0.3 is 10.2 Å². The molecule has 2 heterocycles. The van der Waals surface area contributed by atoms with Crippen LogP contribution < -0.4 is 5.32 Å². The minimum atomic E-state index is 0.0487. The van der Waals surface area contributed by atoms with Crippen LogP contribution in [0.15, 0.2) is 18.5 Å². The summed E-state index contributed by atoms with van der Waals surface area (Å²) >= 11 is 0. The number of carbonyl (C=O) groups excluding carboxylic acids is 1. The van der Waals surface area contributed by atoms with E-state index in [1.54, 1.807) is 17.1 Å². The Bertz CT molecular complexity index is 341. The number of likely N-dealkylation sites (tertiary alicyclic amines) is 1. The lowest BCUT2D eigenvalue weighted by atomic mass is 9.97. The Balaban J connectivity index is 1.66. The molecule has 0 atom stereocenters. The fraction of sp³-hybridized carbons (Fsp3) is 0.667. The number of nitrogens with zero attached hydrogens (tertiary/aromatic N) is 3. The van der Waals surface area contributed by atoms with Crippen LogP contribution in [-0.2, 0) is 11.3 Å². The fourth-order valence-corrected chi connectivity index (χ4v) is 2.12. The van der Waals surface area contributed by atoms with Crippen LogP contribution in [-0.4, -0.2) is 47.3 Å². The van der Waals surface area contributed by atoms with Crippen molar-refractivity contribution in [2.24, 2.45) is 5.92 Å². The van der Waals surface area contributed by atoms with Gasteiger partial charge in [-0.15, -0.1) is 0 Å². The molecule has 2 rings (SSSR count). The molecule has 1 saturated heterocycles. The molecule has 5 heteroatoms. The van der Waals surface area contributed by atoms with E-state index in [9.17, 15) is 4.79 Å². The molecular formula is C12H20N4O. The van der Waals surface area contributed by atoms with Gasteiger partial charge in [0.1, 0.15) is 6.54 Å². The standard InChI is InChI=1S/C12H20N4O/c1-15-7-3-11(4-8-15)9-13-12(17)10-16-6-2-5-14-16/h2,5-6,11H,3-4,7-10H2,1H3,(H,13,17). The van der Waals surface area contributed by atoms with E-state index >= 15 is 0 Å². The summed E-state index contributed by atoms with van der Waals surface area (Å²) in [5.41, 5.74) is 0. The van der Waals surface area contributed by atoms with E-state index in [4.69, 9.17) is 0 Å². The molecular weight excluding hydrogens is 216 g/mol. The molecule has 1 aliphatic heterocycles. The van der Waals surface area contributed by atoms with Crippen molar-refractivity contribution in [1.29, 1.82) is 0 Å². The minimum Gasteiger partial charge on any atom is -0.354 e. The van der Waals surface area contributed by atoms with E-state index in [0.29, 0.717) is 12.5 Å². The summed E-state index contributed by atoms with van der Waals surface area (Å²) in [6, 6.07) is 1.82. The molecule has 0 radical (unpaired) electrons. The Morgan fingerprint density at radius 1 is 1.47 bits per heavy atom. The summed E-state index contributed by atoms with van der Waals surface area (Å²) in [7, 11) is 2.15. The molecule has 1 amide bonds. The molecule has 0 bridgehead atoms. The Kier molecular flexibility index (Phi) is 4.14. The average Bonchev–Trinajstić information content (AvgIpc) is 2.81. The topological polar surface area (TPSA) is 50.2 Å². The van der Waals surface area contributed by atoms with Crippen molar-refractivity contribution in [1.82, 2.24) is 20.0 Å². The highest BCUT2D eigenvalue weighted by Crippen LogP contribution is 2.14. The number of piperidine rings is 1. The molecule has 17 heavy (non-hydrogen) atoms. The number of hydrogen-bond donors (Lipinski definition) is 1. The number of aromatic nitrogens is 2. The predicted octanol–water partition coefficient (Wildman–Crippen LogP) is 0.341. The molecule has 0 spiro atoms. The Labute approximate surface area is 102 Å². The number of rotatable bonds is 4. The number of hydrogen-bond acceptors (Lipinski definition) is 3. The van der Waals surface area contributed by atoms with Gasteiger partial charge in [-0.1, -0.05) is 0 Å². The zero-order valence-electron chi connectivity index (χ0n) is 10.3. The first-order valence-electron chi connectivity index (χ1n) is 6.16. The largest absolute Gasteiger partial charge is 0.354 e. The average molecular weight is 236 g/mol. The Morgan fingerprint density at radius 3 is 2.88 bits per heavy atom. The molecule has 0 aromatic carbocycles. The summed E-state index contributed by atoms with van der Waals surface area (Å²) < 4.78 is 1.64. The Hall–Kier alpha value is -1.36. The molecule has 94 valence electrons. The summed E-state index contributed by atoms with van der Waals surface area (Å²) in [6.45, 7) is 3.40. The van der Waals surface area contributed by atoms with Crippen molar-refractivity contribution in [3.05, 3.63) is 18.5 Å². The van der Waals surface area contributed by atoms with E-state index < -0.39 is 0 Å². The SMILES string of the molecule is CN1CCC(CNC(=O)Cn2cccn2)CC1. The van der Waals surface area contributed by atoms with Crippen LogP contribution in [0.25, 0.3) is 0 Å². The van der Waals surface area contributed by atoms with Crippen LogP contribution in [0.2, 0.25) is 0 Å². The molecule has 0 unspecified atom stereocenters. The highest BCUT2D eigenvalue weighted by Gasteiger charge is 2.17. The highest BCUT2D eigenvalue weighted by molar-refractivity contribution is 5.75. The molecule has 1 aromatic rings. The second-order valence-electron chi connectivity index (χ2n) is 4.75. The highest BCUT2D eigenvalue weighted by atomic mass is 16.2. The smallest absolute Gasteiger partial charge is 0.241 e. The normalized spacial score (nSPS) is 18.2. The fourth-order valence-electron chi connectivity index (χ4n) is 2.12. The second kappa shape index (κ2) is 5.82. The van der Waals surface area contributed by atoms with Crippen molar-refractivity contribution < 1.29 is 4.79 Å². The number of amides is 1. The molecule has 0 saturated carbocycles. The summed E-state index contributed by atoms with van der Waals surface area (Å²) in [5.74, 6) is 0.681. The second-order valence-corrected chi connectivity index (χ2v) is 4.75. The molecule has 1 aliphatic rings. The quantitative estimate of drug-likeness (QED) is 0.820. The third-order valence-electron chi connectivity index (χ3n) is 3.29. The van der Waals surface area contributed by atoms with Crippen LogP contribution in [0, 0.1) is 5.92 Å².